The van der Waals surface area contributed by atoms with E-state index in [1.54, 1.807) is 6.92 Å². The molecule has 1 N–H and O–H groups in total. The molecule has 0 heterocycles. The smallest absolute Gasteiger partial charge is 0.331 e. The first kappa shape index (κ1) is 11.7. The Morgan fingerprint density at radius 1 is 1.23 bits per heavy atom. The highest BCUT2D eigenvalue weighted by Crippen LogP contribution is 2.05. The summed E-state index contributed by atoms with van der Waals surface area (Å²) in [5.41, 5.74) is 0. The van der Waals surface area contributed by atoms with Gasteiger partial charge in [-0.25, -0.2) is 9.59 Å². The Morgan fingerprint density at radius 2 is 1.77 bits per heavy atom. The minimum Gasteiger partial charge on any atom is -0.478 e. The Balaban J connectivity index is 3.95. The fourth-order valence-corrected chi connectivity index (χ4v) is 0.498. The molecule has 13 heavy (non-hydrogen) atoms. The number of aliphatic carboxylic acids is 1. The molecule has 0 aromatic carbocycles. The van der Waals surface area contributed by atoms with Gasteiger partial charge >= 0.3 is 11.9 Å². The lowest BCUT2D eigenvalue weighted by Crippen LogP contribution is -2.18. The van der Waals surface area contributed by atoms with E-state index in [9.17, 15) is 9.59 Å². The summed E-state index contributed by atoms with van der Waals surface area (Å²) in [5, 5.41) is 8.21. The fraction of sp³-hybridized carbons (Fsp3) is 0.556. The van der Waals surface area contributed by atoms with Gasteiger partial charge in [0.15, 0.2) is 0 Å². The van der Waals surface area contributed by atoms with E-state index in [0.717, 1.165) is 12.2 Å². The van der Waals surface area contributed by atoms with Crippen LogP contribution in [0.4, 0.5) is 0 Å². The molecule has 0 rings (SSSR count). The van der Waals surface area contributed by atoms with Crippen molar-refractivity contribution < 1.29 is 19.4 Å². The molecule has 1 unspecified atom stereocenters. The molecule has 0 aliphatic carbocycles. The summed E-state index contributed by atoms with van der Waals surface area (Å²) >= 11 is 0. The number of carbonyl (C=O) groups excluding carboxylic acids is 1. The zero-order valence-corrected chi connectivity index (χ0v) is 7.98. The van der Waals surface area contributed by atoms with Gasteiger partial charge in [-0.05, 0) is 12.8 Å². The Morgan fingerprint density at radius 3 is 2.15 bits per heavy atom. The molecule has 74 valence electrons. The summed E-state index contributed by atoms with van der Waals surface area (Å²) in [6.45, 7) is 5.59. The van der Waals surface area contributed by atoms with Crippen molar-refractivity contribution in [3.05, 3.63) is 12.2 Å². The van der Waals surface area contributed by atoms with Crippen molar-refractivity contribution in [1.29, 1.82) is 0 Å². The molecule has 0 saturated heterocycles. The third-order valence-corrected chi connectivity index (χ3v) is 1.60. The van der Waals surface area contributed by atoms with E-state index in [2.05, 4.69) is 0 Å². The number of hydrogen-bond donors (Lipinski definition) is 1. The van der Waals surface area contributed by atoms with Crippen LogP contribution in [0.1, 0.15) is 20.8 Å². The fourth-order valence-electron chi connectivity index (χ4n) is 0.498. The lowest BCUT2D eigenvalue weighted by Gasteiger charge is -2.14. The molecule has 0 aromatic rings. The Kier molecular flexibility index (Phi) is 4.80. The van der Waals surface area contributed by atoms with E-state index in [0.29, 0.717) is 0 Å². The average Bonchev–Trinajstić information content (AvgIpc) is 2.00. The third-order valence-electron chi connectivity index (χ3n) is 1.60. The van der Waals surface area contributed by atoms with E-state index >= 15 is 0 Å². The Bertz CT molecular complexity index is 218. The van der Waals surface area contributed by atoms with Gasteiger partial charge in [0.2, 0.25) is 0 Å². The number of carboxylic acid groups (broad SMARTS) is 1. The van der Waals surface area contributed by atoms with E-state index < -0.39 is 11.9 Å². The second-order valence-electron chi connectivity index (χ2n) is 3.06. The van der Waals surface area contributed by atoms with Crippen LogP contribution in [0.3, 0.4) is 0 Å². The van der Waals surface area contributed by atoms with Crippen LogP contribution in [0.15, 0.2) is 12.2 Å². The molecule has 4 heteroatoms. The zero-order valence-electron chi connectivity index (χ0n) is 7.98. The molecule has 0 aromatic heterocycles. The van der Waals surface area contributed by atoms with E-state index in [-0.39, 0.29) is 12.0 Å². The number of rotatable bonds is 4. The van der Waals surface area contributed by atoms with Crippen LogP contribution in [-0.4, -0.2) is 23.1 Å². The Hall–Kier alpha value is -1.32. The predicted molar refractivity (Wildman–Crippen MR) is 47.2 cm³/mol. The highest BCUT2D eigenvalue weighted by Gasteiger charge is 2.10. The largest absolute Gasteiger partial charge is 0.478 e. The van der Waals surface area contributed by atoms with Crippen LogP contribution in [0.2, 0.25) is 0 Å². The first-order chi connectivity index (χ1) is 5.93. The molecule has 1 atom stereocenters. The van der Waals surface area contributed by atoms with Crippen molar-refractivity contribution in [3.8, 4) is 0 Å². The minimum atomic E-state index is -1.16. The molecule has 0 fully saturated rings. The maximum absolute atomic E-state index is 10.9. The number of esters is 1. The normalized spacial score (nSPS) is 13.2. The van der Waals surface area contributed by atoms with Gasteiger partial charge in [0.25, 0.3) is 0 Å². The summed E-state index contributed by atoms with van der Waals surface area (Å²) in [7, 11) is 0. The molecular weight excluding hydrogens is 172 g/mol. The van der Waals surface area contributed by atoms with Gasteiger partial charge in [0.05, 0.1) is 0 Å². The monoisotopic (exact) mass is 186 g/mol. The highest BCUT2D eigenvalue weighted by molar-refractivity contribution is 5.90. The van der Waals surface area contributed by atoms with Crippen molar-refractivity contribution in [2.24, 2.45) is 5.92 Å². The summed E-state index contributed by atoms with van der Waals surface area (Å²) in [5.74, 6) is -1.56. The van der Waals surface area contributed by atoms with Gasteiger partial charge < -0.3 is 9.84 Å². The third kappa shape index (κ3) is 5.90. The quantitative estimate of drug-likeness (QED) is 0.529. The van der Waals surface area contributed by atoms with Gasteiger partial charge in [0.1, 0.15) is 6.10 Å². The molecule has 0 aliphatic heterocycles. The second kappa shape index (κ2) is 5.35. The topological polar surface area (TPSA) is 63.6 Å². The lowest BCUT2D eigenvalue weighted by molar-refractivity contribution is -0.144. The maximum atomic E-state index is 10.9. The van der Waals surface area contributed by atoms with Gasteiger partial charge in [-0.15, -0.1) is 0 Å². The van der Waals surface area contributed by atoms with Crippen LogP contribution >= 0.6 is 0 Å². The second-order valence-corrected chi connectivity index (χ2v) is 3.06. The minimum absolute atomic E-state index is 0.203. The predicted octanol–water partition coefficient (Wildman–Crippen LogP) is 1.21. The first-order valence-electron chi connectivity index (χ1n) is 4.05. The van der Waals surface area contributed by atoms with Crippen molar-refractivity contribution in [2.75, 3.05) is 0 Å². The van der Waals surface area contributed by atoms with Gasteiger partial charge in [-0.3, -0.25) is 0 Å². The van der Waals surface area contributed by atoms with Crippen molar-refractivity contribution in [3.63, 3.8) is 0 Å². The van der Waals surface area contributed by atoms with Crippen LogP contribution in [0.5, 0.6) is 0 Å². The highest BCUT2D eigenvalue weighted by atomic mass is 16.5. The molecule has 0 amide bonds. The molecule has 0 spiro atoms. The number of carbonyl (C=O) groups is 2. The summed E-state index contributed by atoms with van der Waals surface area (Å²) in [6, 6.07) is 0. The van der Waals surface area contributed by atoms with Crippen LogP contribution in [-0.2, 0) is 14.3 Å². The van der Waals surface area contributed by atoms with Crippen LogP contribution < -0.4 is 0 Å². The zero-order chi connectivity index (χ0) is 10.4. The van der Waals surface area contributed by atoms with Gasteiger partial charge in [-0.1, -0.05) is 13.8 Å². The lowest BCUT2D eigenvalue weighted by atomic mass is 10.1. The van der Waals surface area contributed by atoms with Gasteiger partial charge in [-0.2, -0.15) is 0 Å². The molecule has 0 saturated carbocycles. The number of hydrogen-bond acceptors (Lipinski definition) is 3. The first-order valence-corrected chi connectivity index (χ1v) is 4.05. The van der Waals surface area contributed by atoms with E-state index in [1.807, 2.05) is 13.8 Å². The molecular formula is C9H14O4. The molecule has 4 nitrogen and oxygen atoms in total. The van der Waals surface area contributed by atoms with Gasteiger partial charge in [0, 0.05) is 12.2 Å². The van der Waals surface area contributed by atoms with Crippen LogP contribution in [0.25, 0.3) is 0 Å². The van der Waals surface area contributed by atoms with Crippen LogP contribution in [0, 0.1) is 5.92 Å². The molecule has 0 aliphatic rings. The SMILES string of the molecule is CC(C)C(C)OC(=O)C=CC(=O)O. The molecule has 0 radical (unpaired) electrons. The van der Waals surface area contributed by atoms with Crippen molar-refractivity contribution in [2.45, 2.75) is 26.9 Å². The summed E-state index contributed by atoms with van der Waals surface area (Å²) in [4.78, 5) is 20.9. The summed E-state index contributed by atoms with van der Waals surface area (Å²) in [6.07, 6.45) is 1.46. The number of carboxylic acids is 1. The Labute approximate surface area is 77.2 Å². The molecule has 0 bridgehead atoms. The summed E-state index contributed by atoms with van der Waals surface area (Å²) < 4.78 is 4.87. The standard InChI is InChI=1S/C9H14O4/c1-6(2)7(3)13-9(12)5-4-8(10)11/h4-7H,1-3H3,(H,10,11). The van der Waals surface area contributed by atoms with Crippen molar-refractivity contribution >= 4 is 11.9 Å². The van der Waals surface area contributed by atoms with E-state index in [1.165, 1.54) is 0 Å². The van der Waals surface area contributed by atoms with E-state index in [4.69, 9.17) is 9.84 Å². The van der Waals surface area contributed by atoms with Crippen molar-refractivity contribution in [1.82, 2.24) is 0 Å². The maximum Gasteiger partial charge on any atom is 0.331 e. The average molecular weight is 186 g/mol. The number of ether oxygens (including phenoxy) is 1.